The lowest BCUT2D eigenvalue weighted by atomic mass is 10.1. The van der Waals surface area contributed by atoms with Gasteiger partial charge in [-0.2, -0.15) is 4.31 Å². The number of carbonyl (C=O) groups is 1. The maximum atomic E-state index is 12.7. The van der Waals surface area contributed by atoms with Crippen LogP contribution in [0.25, 0.3) is 0 Å². The molecule has 0 saturated carbocycles. The molecule has 1 aromatic carbocycles. The predicted octanol–water partition coefficient (Wildman–Crippen LogP) is 4.24. The number of sulfonamides is 1. The third-order valence-electron chi connectivity index (χ3n) is 4.79. The molecule has 1 rings (SSSR count). The molecule has 0 fully saturated rings. The first-order valence-corrected chi connectivity index (χ1v) is 12.0. The summed E-state index contributed by atoms with van der Waals surface area (Å²) in [4.78, 5) is 11.5. The minimum Gasteiger partial charge on any atom is -0.289 e. The molecule has 6 nitrogen and oxygen atoms in total. The molecule has 1 amide bonds. The first kappa shape index (κ1) is 24.6. The van der Waals surface area contributed by atoms with Crippen molar-refractivity contribution >= 4 is 15.9 Å². The Morgan fingerprint density at radius 1 is 0.929 bits per heavy atom. The van der Waals surface area contributed by atoms with Crippen molar-refractivity contribution in [3.8, 4) is 0 Å². The highest BCUT2D eigenvalue weighted by molar-refractivity contribution is 7.88. The molecule has 1 aromatic rings. The SMILES string of the molecule is CCCCCCCCCCCCN(CC(=O)NO)S(=O)(=O)Cc1ccccc1. The van der Waals surface area contributed by atoms with E-state index in [1.54, 1.807) is 24.3 Å². The zero-order chi connectivity index (χ0) is 20.7. The monoisotopic (exact) mass is 412 g/mol. The van der Waals surface area contributed by atoms with Crippen molar-refractivity contribution in [3.05, 3.63) is 35.9 Å². The van der Waals surface area contributed by atoms with E-state index in [1.807, 2.05) is 6.07 Å². The van der Waals surface area contributed by atoms with E-state index >= 15 is 0 Å². The van der Waals surface area contributed by atoms with Crippen molar-refractivity contribution < 1.29 is 18.4 Å². The molecule has 0 heterocycles. The van der Waals surface area contributed by atoms with Crippen LogP contribution in [-0.4, -0.2) is 36.9 Å². The van der Waals surface area contributed by atoms with Gasteiger partial charge in [-0.15, -0.1) is 0 Å². The minimum absolute atomic E-state index is 0.149. The summed E-state index contributed by atoms with van der Waals surface area (Å²) in [5.74, 6) is -0.867. The number of nitrogens with one attached hydrogen (secondary N) is 1. The highest BCUT2D eigenvalue weighted by Crippen LogP contribution is 2.14. The molecule has 0 aliphatic rings. The highest BCUT2D eigenvalue weighted by atomic mass is 32.2. The van der Waals surface area contributed by atoms with Crippen LogP contribution in [0.1, 0.15) is 76.7 Å². The van der Waals surface area contributed by atoms with E-state index in [9.17, 15) is 13.2 Å². The lowest BCUT2D eigenvalue weighted by molar-refractivity contribution is -0.129. The van der Waals surface area contributed by atoms with Gasteiger partial charge in [0.05, 0.1) is 12.3 Å². The number of hydrogen-bond donors (Lipinski definition) is 2. The van der Waals surface area contributed by atoms with E-state index in [4.69, 9.17) is 5.21 Å². The fraction of sp³-hybridized carbons (Fsp3) is 0.667. The Hall–Kier alpha value is -1.44. The number of rotatable bonds is 16. The Bertz CT molecular complexity index is 635. The van der Waals surface area contributed by atoms with Crippen molar-refractivity contribution in [1.29, 1.82) is 0 Å². The molecule has 0 saturated heterocycles. The molecule has 2 N–H and O–H groups in total. The molecule has 0 aliphatic heterocycles. The molecule has 0 bridgehead atoms. The van der Waals surface area contributed by atoms with E-state index in [0.717, 1.165) is 12.8 Å². The summed E-state index contributed by atoms with van der Waals surface area (Å²) in [7, 11) is -3.63. The van der Waals surface area contributed by atoms with E-state index < -0.39 is 15.9 Å². The number of benzene rings is 1. The lowest BCUT2D eigenvalue weighted by Crippen LogP contribution is -2.40. The average molecular weight is 413 g/mol. The van der Waals surface area contributed by atoms with Crippen LogP contribution in [0, 0.1) is 0 Å². The fourth-order valence-electron chi connectivity index (χ4n) is 3.16. The normalized spacial score (nSPS) is 11.7. The molecule has 0 aliphatic carbocycles. The summed E-state index contributed by atoms with van der Waals surface area (Å²) in [6.45, 7) is 2.15. The molecule has 0 radical (unpaired) electrons. The second-order valence-electron chi connectivity index (χ2n) is 7.29. The van der Waals surface area contributed by atoms with Crippen molar-refractivity contribution in [1.82, 2.24) is 9.79 Å². The first-order chi connectivity index (χ1) is 13.5. The van der Waals surface area contributed by atoms with Gasteiger partial charge in [0, 0.05) is 6.54 Å². The Morgan fingerprint density at radius 2 is 1.46 bits per heavy atom. The van der Waals surface area contributed by atoms with Gasteiger partial charge in [-0.3, -0.25) is 10.0 Å². The minimum atomic E-state index is -3.63. The van der Waals surface area contributed by atoms with Crippen LogP contribution in [0.2, 0.25) is 0 Å². The fourth-order valence-corrected chi connectivity index (χ4v) is 4.68. The summed E-state index contributed by atoms with van der Waals surface area (Å²) in [5.41, 5.74) is 2.21. The number of unbranched alkanes of at least 4 members (excludes halogenated alkanes) is 9. The van der Waals surface area contributed by atoms with Gasteiger partial charge in [0.2, 0.25) is 10.0 Å². The average Bonchev–Trinajstić information content (AvgIpc) is 2.68. The van der Waals surface area contributed by atoms with Crippen LogP contribution in [0.5, 0.6) is 0 Å². The molecular weight excluding hydrogens is 376 g/mol. The van der Waals surface area contributed by atoms with Gasteiger partial charge in [0.1, 0.15) is 0 Å². The molecule has 0 aromatic heterocycles. The van der Waals surface area contributed by atoms with Crippen molar-refractivity contribution in [2.24, 2.45) is 0 Å². The quantitative estimate of drug-likeness (QED) is 0.241. The van der Waals surface area contributed by atoms with Crippen molar-refractivity contribution in [2.45, 2.75) is 76.9 Å². The third kappa shape index (κ3) is 10.8. The molecule has 7 heteroatoms. The van der Waals surface area contributed by atoms with Crippen LogP contribution >= 0.6 is 0 Å². The zero-order valence-electron chi connectivity index (χ0n) is 17.1. The number of amides is 1. The smallest absolute Gasteiger partial charge is 0.258 e. The van der Waals surface area contributed by atoms with E-state index in [0.29, 0.717) is 18.5 Å². The van der Waals surface area contributed by atoms with Gasteiger partial charge in [-0.25, -0.2) is 13.9 Å². The number of nitrogens with zero attached hydrogens (tertiary/aromatic N) is 1. The standard InChI is InChI=1S/C21H36N2O4S/c1-2-3-4-5-6-7-8-9-10-14-17-23(18-21(24)22-25)28(26,27)19-20-15-12-11-13-16-20/h11-13,15-16,25H,2-10,14,17-19H2,1H3,(H,22,24). The van der Waals surface area contributed by atoms with Crippen molar-refractivity contribution in [3.63, 3.8) is 0 Å². The van der Waals surface area contributed by atoms with E-state index in [2.05, 4.69) is 6.92 Å². The van der Waals surface area contributed by atoms with Gasteiger partial charge < -0.3 is 0 Å². The predicted molar refractivity (Wildman–Crippen MR) is 112 cm³/mol. The summed E-state index contributed by atoms with van der Waals surface area (Å²) in [6.07, 6.45) is 11.6. The molecule has 28 heavy (non-hydrogen) atoms. The van der Waals surface area contributed by atoms with Gasteiger partial charge in [0.15, 0.2) is 0 Å². The maximum Gasteiger partial charge on any atom is 0.258 e. The Labute approximate surface area is 170 Å². The summed E-state index contributed by atoms with van der Waals surface area (Å²) >= 11 is 0. The second kappa shape index (κ2) is 14.5. The molecule has 0 unspecified atom stereocenters. The van der Waals surface area contributed by atoms with Gasteiger partial charge in [0.25, 0.3) is 5.91 Å². The Kier molecular flexibility index (Phi) is 12.8. The van der Waals surface area contributed by atoms with Gasteiger partial charge in [-0.05, 0) is 12.0 Å². The topological polar surface area (TPSA) is 86.7 Å². The maximum absolute atomic E-state index is 12.7. The van der Waals surface area contributed by atoms with Crippen molar-refractivity contribution in [2.75, 3.05) is 13.1 Å². The van der Waals surface area contributed by atoms with Crippen LogP contribution in [0.15, 0.2) is 30.3 Å². The number of carbonyl (C=O) groups excluding carboxylic acids is 1. The number of hydroxylamine groups is 1. The van der Waals surface area contributed by atoms with Crippen LogP contribution in [0.3, 0.4) is 0 Å². The summed E-state index contributed by atoms with van der Waals surface area (Å²) in [5, 5.41) is 8.76. The molecule has 0 spiro atoms. The molecular formula is C21H36N2O4S. The Balaban J connectivity index is 2.40. The lowest BCUT2D eigenvalue weighted by Gasteiger charge is -2.21. The summed E-state index contributed by atoms with van der Waals surface area (Å²) < 4.78 is 26.6. The van der Waals surface area contributed by atoms with E-state index in [-0.39, 0.29) is 12.3 Å². The first-order valence-electron chi connectivity index (χ1n) is 10.4. The van der Waals surface area contributed by atoms with E-state index in [1.165, 1.54) is 54.7 Å². The third-order valence-corrected chi connectivity index (χ3v) is 6.59. The molecule has 160 valence electrons. The Morgan fingerprint density at radius 3 is 2.00 bits per heavy atom. The van der Waals surface area contributed by atoms with Crippen LogP contribution in [-0.2, 0) is 20.6 Å². The largest absolute Gasteiger partial charge is 0.289 e. The number of hydrogen-bond acceptors (Lipinski definition) is 4. The van der Waals surface area contributed by atoms with Gasteiger partial charge >= 0.3 is 0 Å². The van der Waals surface area contributed by atoms with Crippen LogP contribution in [0.4, 0.5) is 0 Å². The summed E-state index contributed by atoms with van der Waals surface area (Å²) in [6, 6.07) is 8.91. The molecule has 0 atom stereocenters. The zero-order valence-corrected chi connectivity index (χ0v) is 17.9. The van der Waals surface area contributed by atoms with Gasteiger partial charge in [-0.1, -0.05) is 95.0 Å². The highest BCUT2D eigenvalue weighted by Gasteiger charge is 2.24. The second-order valence-corrected chi connectivity index (χ2v) is 9.26. The van der Waals surface area contributed by atoms with Crippen LogP contribution < -0.4 is 5.48 Å².